The fourth-order valence-electron chi connectivity index (χ4n) is 3.24. The molecule has 2 aliphatic rings. The molecule has 0 N–H and O–H groups in total. The molecule has 1 aliphatic heterocycles. The van der Waals surface area contributed by atoms with Crippen molar-refractivity contribution in [2.45, 2.75) is 12.0 Å². The molecule has 1 heterocycles. The van der Waals surface area contributed by atoms with Gasteiger partial charge in [0.25, 0.3) is 0 Å². The minimum atomic E-state index is 0.326. The SMILES string of the molecule is BrC1=CC2c3cc(Br)ccc3N(c3ccc(Br)cc3)C2C=C1. The largest absolute Gasteiger partial charge is 0.333 e. The highest BCUT2D eigenvalue weighted by Gasteiger charge is 2.38. The fourth-order valence-corrected chi connectivity index (χ4v) is 4.32. The molecule has 0 fully saturated rings. The number of benzene rings is 2. The quantitative estimate of drug-likeness (QED) is 0.440. The van der Waals surface area contributed by atoms with Crippen LogP contribution in [0.25, 0.3) is 0 Å². The zero-order chi connectivity index (χ0) is 15.3. The maximum Gasteiger partial charge on any atom is 0.0630 e. The van der Waals surface area contributed by atoms with E-state index in [1.54, 1.807) is 0 Å². The molecule has 2 atom stereocenters. The summed E-state index contributed by atoms with van der Waals surface area (Å²) in [6.45, 7) is 0. The first-order valence-electron chi connectivity index (χ1n) is 7.03. The number of fused-ring (bicyclic) bond motifs is 3. The monoisotopic (exact) mass is 479 g/mol. The van der Waals surface area contributed by atoms with E-state index in [1.165, 1.54) is 16.9 Å². The van der Waals surface area contributed by atoms with Crippen LogP contribution in [0.15, 0.2) is 74.1 Å². The number of hydrogen-bond acceptors (Lipinski definition) is 1. The van der Waals surface area contributed by atoms with Crippen LogP contribution in [0.4, 0.5) is 11.4 Å². The van der Waals surface area contributed by atoms with Crippen molar-refractivity contribution < 1.29 is 0 Å². The number of nitrogens with zero attached hydrogens (tertiary/aromatic N) is 1. The Morgan fingerprint density at radius 2 is 1.59 bits per heavy atom. The third-order valence-corrected chi connectivity index (χ3v) is 5.72. The second-order valence-electron chi connectivity index (χ2n) is 5.48. The summed E-state index contributed by atoms with van der Waals surface area (Å²) in [5, 5.41) is 0. The Morgan fingerprint density at radius 1 is 0.864 bits per heavy atom. The third kappa shape index (κ3) is 2.41. The molecule has 0 aromatic heterocycles. The fraction of sp³-hybridized carbons (Fsp3) is 0.111. The second-order valence-corrected chi connectivity index (χ2v) is 8.22. The van der Waals surface area contributed by atoms with E-state index >= 15 is 0 Å². The summed E-state index contributed by atoms with van der Waals surface area (Å²) in [6.07, 6.45) is 6.73. The molecule has 22 heavy (non-hydrogen) atoms. The molecule has 4 rings (SSSR count). The van der Waals surface area contributed by atoms with Gasteiger partial charge in [-0.3, -0.25) is 0 Å². The van der Waals surface area contributed by atoms with E-state index in [-0.39, 0.29) is 0 Å². The van der Waals surface area contributed by atoms with E-state index in [4.69, 9.17) is 0 Å². The van der Waals surface area contributed by atoms with E-state index < -0.39 is 0 Å². The Balaban J connectivity index is 1.89. The van der Waals surface area contributed by atoms with E-state index in [2.05, 4.69) is 113 Å². The molecule has 0 saturated carbocycles. The van der Waals surface area contributed by atoms with E-state index in [9.17, 15) is 0 Å². The lowest BCUT2D eigenvalue weighted by Gasteiger charge is -2.29. The molecule has 2 aromatic carbocycles. The third-order valence-electron chi connectivity index (χ3n) is 4.17. The van der Waals surface area contributed by atoms with Crippen molar-refractivity contribution in [3.63, 3.8) is 0 Å². The number of rotatable bonds is 1. The van der Waals surface area contributed by atoms with Gasteiger partial charge in [0.05, 0.1) is 6.04 Å². The maximum atomic E-state index is 3.62. The average molecular weight is 482 g/mol. The first-order valence-corrected chi connectivity index (χ1v) is 9.41. The molecule has 110 valence electrons. The number of halogens is 3. The van der Waals surface area contributed by atoms with Gasteiger partial charge in [-0.05, 0) is 48.0 Å². The van der Waals surface area contributed by atoms with Gasteiger partial charge in [-0.2, -0.15) is 0 Å². The van der Waals surface area contributed by atoms with Crippen LogP contribution in [0.2, 0.25) is 0 Å². The second kappa shape index (κ2) is 5.66. The van der Waals surface area contributed by atoms with Crippen molar-refractivity contribution in [1.82, 2.24) is 0 Å². The lowest BCUT2D eigenvalue weighted by Crippen LogP contribution is -2.28. The number of hydrogen-bond donors (Lipinski definition) is 0. The Bertz CT molecular complexity index is 792. The Kier molecular flexibility index (Phi) is 3.79. The predicted molar refractivity (Wildman–Crippen MR) is 103 cm³/mol. The van der Waals surface area contributed by atoms with Gasteiger partial charge in [-0.25, -0.2) is 0 Å². The topological polar surface area (TPSA) is 3.24 Å². The van der Waals surface area contributed by atoms with Gasteiger partial charge in [0.2, 0.25) is 0 Å². The molecule has 0 radical (unpaired) electrons. The first kappa shape index (κ1) is 14.7. The normalized spacial score (nSPS) is 22.3. The van der Waals surface area contributed by atoms with Crippen LogP contribution in [0.3, 0.4) is 0 Å². The van der Waals surface area contributed by atoms with E-state index in [0.717, 1.165) is 13.4 Å². The molecule has 2 aromatic rings. The molecular formula is C18H12Br3N. The van der Waals surface area contributed by atoms with Crippen LogP contribution in [0, 0.1) is 0 Å². The van der Waals surface area contributed by atoms with Crippen molar-refractivity contribution in [2.24, 2.45) is 0 Å². The van der Waals surface area contributed by atoms with Crippen LogP contribution in [-0.2, 0) is 0 Å². The van der Waals surface area contributed by atoms with Crippen LogP contribution >= 0.6 is 47.8 Å². The smallest absolute Gasteiger partial charge is 0.0630 e. The highest BCUT2D eigenvalue weighted by molar-refractivity contribution is 9.12. The molecule has 0 bridgehead atoms. The van der Waals surface area contributed by atoms with Gasteiger partial charge in [0.15, 0.2) is 0 Å². The Labute approximate surface area is 155 Å². The summed E-state index contributed by atoms with van der Waals surface area (Å²) in [7, 11) is 0. The predicted octanol–water partition coefficient (Wildman–Crippen LogP) is 6.66. The van der Waals surface area contributed by atoms with Crippen molar-refractivity contribution in [3.05, 3.63) is 79.7 Å². The van der Waals surface area contributed by atoms with Gasteiger partial charge in [0.1, 0.15) is 0 Å². The van der Waals surface area contributed by atoms with Crippen molar-refractivity contribution in [1.29, 1.82) is 0 Å². The van der Waals surface area contributed by atoms with Crippen LogP contribution in [0.5, 0.6) is 0 Å². The summed E-state index contributed by atoms with van der Waals surface area (Å²) < 4.78 is 3.38. The van der Waals surface area contributed by atoms with Crippen LogP contribution in [0.1, 0.15) is 11.5 Å². The summed E-state index contributed by atoms with van der Waals surface area (Å²) in [5.74, 6) is 0.371. The van der Waals surface area contributed by atoms with Crippen molar-refractivity contribution in [2.75, 3.05) is 4.90 Å². The zero-order valence-corrected chi connectivity index (χ0v) is 16.3. The number of anilines is 2. The Hall–Kier alpha value is -0.840. The van der Waals surface area contributed by atoms with E-state index in [1.807, 2.05) is 0 Å². The summed E-state index contributed by atoms with van der Waals surface area (Å²) in [4.78, 5) is 2.42. The van der Waals surface area contributed by atoms with Crippen molar-refractivity contribution in [3.8, 4) is 0 Å². The average Bonchev–Trinajstić information content (AvgIpc) is 2.81. The molecule has 0 saturated heterocycles. The van der Waals surface area contributed by atoms with Gasteiger partial charge < -0.3 is 4.90 Å². The zero-order valence-electron chi connectivity index (χ0n) is 11.5. The lowest BCUT2D eigenvalue weighted by molar-refractivity contribution is 0.743. The molecule has 0 spiro atoms. The van der Waals surface area contributed by atoms with Crippen LogP contribution in [-0.4, -0.2) is 6.04 Å². The summed E-state index contributed by atoms with van der Waals surface area (Å²) in [6, 6.07) is 15.4. The Morgan fingerprint density at radius 3 is 2.36 bits per heavy atom. The highest BCUT2D eigenvalue weighted by Crippen LogP contribution is 2.49. The molecule has 1 nitrogen and oxygen atoms in total. The molecule has 2 unspecified atom stereocenters. The summed E-state index contributed by atoms with van der Waals surface area (Å²) in [5.41, 5.74) is 3.86. The molecular weight excluding hydrogens is 470 g/mol. The standard InChI is InChI=1S/C18H12Br3N/c19-11-1-5-14(6-2-11)22-17-7-3-12(20)9-15(17)16-10-13(21)4-8-18(16)22/h1-10,15,17H. The van der Waals surface area contributed by atoms with Gasteiger partial charge in [-0.15, -0.1) is 0 Å². The maximum absolute atomic E-state index is 3.62. The van der Waals surface area contributed by atoms with Crippen molar-refractivity contribution >= 4 is 59.2 Å². The minimum Gasteiger partial charge on any atom is -0.333 e. The van der Waals surface area contributed by atoms with Gasteiger partial charge >= 0.3 is 0 Å². The number of allylic oxidation sites excluding steroid dienone is 2. The van der Waals surface area contributed by atoms with Crippen LogP contribution < -0.4 is 4.90 Å². The first-order chi connectivity index (χ1) is 10.6. The van der Waals surface area contributed by atoms with Gasteiger partial charge in [-0.1, -0.05) is 66.0 Å². The lowest BCUT2D eigenvalue weighted by atomic mass is 9.91. The minimum absolute atomic E-state index is 0.326. The van der Waals surface area contributed by atoms with Gasteiger partial charge in [0, 0.05) is 30.7 Å². The molecule has 1 aliphatic carbocycles. The summed E-state index contributed by atoms with van der Waals surface area (Å²) >= 11 is 10.7. The molecule has 4 heteroatoms. The molecule has 0 amide bonds. The highest BCUT2D eigenvalue weighted by atomic mass is 79.9. The van der Waals surface area contributed by atoms with E-state index in [0.29, 0.717) is 12.0 Å².